The van der Waals surface area contributed by atoms with E-state index < -0.39 is 0 Å². The first-order valence-electron chi connectivity index (χ1n) is 5.39. The topological polar surface area (TPSA) is 9.23 Å². The number of hydrogen-bond donors (Lipinski definition) is 0. The van der Waals surface area contributed by atoms with Crippen LogP contribution in [-0.2, 0) is 5.88 Å². The number of aryl methyl sites for hydroxylation is 1. The zero-order valence-electron chi connectivity index (χ0n) is 9.71. The van der Waals surface area contributed by atoms with E-state index in [9.17, 15) is 4.39 Å². The van der Waals surface area contributed by atoms with Gasteiger partial charge in [0.05, 0.1) is 5.88 Å². The lowest BCUT2D eigenvalue weighted by Gasteiger charge is -2.11. The molecule has 0 N–H and O–H groups in total. The number of benzene rings is 2. The summed E-state index contributed by atoms with van der Waals surface area (Å²) < 4.78 is 19.4. The first-order valence-corrected chi connectivity index (χ1v) is 6.30. The Morgan fingerprint density at radius 2 is 1.94 bits per heavy atom. The van der Waals surface area contributed by atoms with Crippen molar-refractivity contribution in [3.63, 3.8) is 0 Å². The minimum absolute atomic E-state index is 0.184. The predicted octanol–water partition coefficient (Wildman–Crippen LogP) is 5.32. The van der Waals surface area contributed by atoms with Gasteiger partial charge in [0.25, 0.3) is 0 Å². The van der Waals surface area contributed by atoms with Gasteiger partial charge in [0, 0.05) is 10.6 Å². The van der Waals surface area contributed by atoms with Crippen molar-refractivity contribution in [2.45, 2.75) is 12.8 Å². The number of alkyl halides is 1. The summed E-state index contributed by atoms with van der Waals surface area (Å²) in [6.07, 6.45) is 0. The highest BCUT2D eigenvalue weighted by Crippen LogP contribution is 2.31. The summed E-state index contributed by atoms with van der Waals surface area (Å²) in [5.41, 5.74) is 1.26. The van der Waals surface area contributed by atoms with Crippen LogP contribution in [0.1, 0.15) is 11.1 Å². The minimum atomic E-state index is -0.368. The van der Waals surface area contributed by atoms with Crippen molar-refractivity contribution >= 4 is 23.2 Å². The molecule has 0 saturated heterocycles. The first-order chi connectivity index (χ1) is 8.61. The van der Waals surface area contributed by atoms with Gasteiger partial charge in [-0.2, -0.15) is 0 Å². The maximum absolute atomic E-state index is 13.8. The lowest BCUT2D eigenvalue weighted by molar-refractivity contribution is 0.437. The molecule has 0 aliphatic heterocycles. The summed E-state index contributed by atoms with van der Waals surface area (Å²) in [6.45, 7) is 1.69. The Kier molecular flexibility index (Phi) is 4.10. The summed E-state index contributed by atoms with van der Waals surface area (Å²) in [6, 6.07) is 10.1. The third-order valence-electron chi connectivity index (χ3n) is 2.54. The Morgan fingerprint density at radius 1 is 1.17 bits per heavy atom. The monoisotopic (exact) mass is 284 g/mol. The van der Waals surface area contributed by atoms with E-state index >= 15 is 0 Å². The average Bonchev–Trinajstić information content (AvgIpc) is 2.37. The van der Waals surface area contributed by atoms with E-state index in [0.29, 0.717) is 16.3 Å². The fourth-order valence-corrected chi connectivity index (χ4v) is 1.97. The van der Waals surface area contributed by atoms with Gasteiger partial charge in [0.1, 0.15) is 5.75 Å². The lowest BCUT2D eigenvalue weighted by Crippen LogP contribution is -1.93. The van der Waals surface area contributed by atoms with Gasteiger partial charge in [0.15, 0.2) is 11.6 Å². The fraction of sp³-hybridized carbons (Fsp3) is 0.143. The van der Waals surface area contributed by atoms with E-state index in [4.69, 9.17) is 27.9 Å². The van der Waals surface area contributed by atoms with Gasteiger partial charge in [0.2, 0.25) is 0 Å². The highest BCUT2D eigenvalue weighted by molar-refractivity contribution is 6.30. The van der Waals surface area contributed by atoms with Gasteiger partial charge in [-0.3, -0.25) is 0 Å². The van der Waals surface area contributed by atoms with Crippen molar-refractivity contribution in [2.24, 2.45) is 0 Å². The van der Waals surface area contributed by atoms with Crippen LogP contribution in [0.15, 0.2) is 36.4 Å². The molecule has 1 nitrogen and oxygen atoms in total. The second-order valence-corrected chi connectivity index (χ2v) is 4.58. The molecule has 0 amide bonds. The van der Waals surface area contributed by atoms with Crippen molar-refractivity contribution in [1.29, 1.82) is 0 Å². The van der Waals surface area contributed by atoms with E-state index in [1.165, 1.54) is 0 Å². The largest absolute Gasteiger partial charge is 0.454 e. The molecule has 0 bridgehead atoms. The summed E-state index contributed by atoms with van der Waals surface area (Å²) in [5, 5.41) is 0.572. The van der Waals surface area contributed by atoms with Crippen LogP contribution in [0.2, 0.25) is 5.02 Å². The van der Waals surface area contributed by atoms with Gasteiger partial charge >= 0.3 is 0 Å². The molecule has 0 saturated carbocycles. The van der Waals surface area contributed by atoms with Gasteiger partial charge < -0.3 is 4.74 Å². The SMILES string of the molecule is Cc1cccc(Oc2ccc(Cl)cc2CCl)c1F. The Balaban J connectivity index is 2.37. The number of rotatable bonds is 3. The van der Waals surface area contributed by atoms with Crippen molar-refractivity contribution in [1.82, 2.24) is 0 Å². The maximum Gasteiger partial charge on any atom is 0.168 e. The van der Waals surface area contributed by atoms with Crippen molar-refractivity contribution in [3.05, 3.63) is 58.4 Å². The molecular weight excluding hydrogens is 274 g/mol. The summed E-state index contributed by atoms with van der Waals surface area (Å²) >= 11 is 11.7. The van der Waals surface area contributed by atoms with Crippen LogP contribution in [0.4, 0.5) is 4.39 Å². The highest BCUT2D eigenvalue weighted by atomic mass is 35.5. The molecule has 0 heterocycles. The number of ether oxygens (including phenoxy) is 1. The van der Waals surface area contributed by atoms with E-state index in [0.717, 1.165) is 5.56 Å². The summed E-state index contributed by atoms with van der Waals surface area (Å²) in [7, 11) is 0. The summed E-state index contributed by atoms with van der Waals surface area (Å²) in [4.78, 5) is 0. The smallest absolute Gasteiger partial charge is 0.168 e. The third kappa shape index (κ3) is 2.77. The van der Waals surface area contributed by atoms with Crippen molar-refractivity contribution < 1.29 is 9.13 Å². The number of hydrogen-bond acceptors (Lipinski definition) is 1. The van der Waals surface area contributed by atoms with Crippen molar-refractivity contribution in [2.75, 3.05) is 0 Å². The average molecular weight is 285 g/mol. The molecule has 4 heteroatoms. The fourth-order valence-electron chi connectivity index (χ4n) is 1.57. The molecule has 0 atom stereocenters. The molecule has 0 spiro atoms. The van der Waals surface area contributed by atoms with Crippen LogP contribution in [0.25, 0.3) is 0 Å². The Morgan fingerprint density at radius 3 is 2.67 bits per heavy atom. The van der Waals surface area contributed by atoms with E-state index in [1.54, 1.807) is 43.3 Å². The lowest BCUT2D eigenvalue weighted by atomic mass is 10.2. The first kappa shape index (κ1) is 13.2. The normalized spacial score (nSPS) is 10.4. The molecule has 0 unspecified atom stereocenters. The Hall–Kier alpha value is -1.25. The van der Waals surface area contributed by atoms with Crippen LogP contribution in [-0.4, -0.2) is 0 Å². The zero-order chi connectivity index (χ0) is 13.1. The van der Waals surface area contributed by atoms with Gasteiger partial charge in [-0.1, -0.05) is 23.7 Å². The van der Waals surface area contributed by atoms with Gasteiger partial charge in [-0.25, -0.2) is 4.39 Å². The van der Waals surface area contributed by atoms with Crippen molar-refractivity contribution in [3.8, 4) is 11.5 Å². The van der Waals surface area contributed by atoms with E-state index in [1.807, 2.05) is 0 Å². The Labute approximate surface area is 115 Å². The van der Waals surface area contributed by atoms with E-state index in [2.05, 4.69) is 0 Å². The zero-order valence-corrected chi connectivity index (χ0v) is 11.2. The highest BCUT2D eigenvalue weighted by Gasteiger charge is 2.10. The third-order valence-corrected chi connectivity index (χ3v) is 3.07. The van der Waals surface area contributed by atoms with Gasteiger partial charge in [-0.05, 0) is 36.8 Å². The van der Waals surface area contributed by atoms with E-state index in [-0.39, 0.29) is 17.4 Å². The second kappa shape index (κ2) is 5.59. The molecule has 0 aromatic heterocycles. The summed E-state index contributed by atoms with van der Waals surface area (Å²) in [5.74, 6) is 0.583. The molecule has 2 aromatic carbocycles. The molecule has 0 fully saturated rings. The van der Waals surface area contributed by atoms with Crippen LogP contribution in [0.5, 0.6) is 11.5 Å². The molecule has 2 aromatic rings. The van der Waals surface area contributed by atoms with Crippen LogP contribution in [0.3, 0.4) is 0 Å². The molecule has 0 radical (unpaired) electrons. The maximum atomic E-state index is 13.8. The van der Waals surface area contributed by atoms with Gasteiger partial charge in [-0.15, -0.1) is 11.6 Å². The molecule has 18 heavy (non-hydrogen) atoms. The predicted molar refractivity (Wildman–Crippen MR) is 72.2 cm³/mol. The van der Waals surface area contributed by atoms with Crippen LogP contribution >= 0.6 is 23.2 Å². The standard InChI is InChI=1S/C14H11Cl2FO/c1-9-3-2-4-13(14(9)17)18-12-6-5-11(16)7-10(12)8-15/h2-7H,8H2,1H3. The molecule has 0 aliphatic carbocycles. The van der Waals surface area contributed by atoms with Crippen LogP contribution in [0, 0.1) is 12.7 Å². The minimum Gasteiger partial charge on any atom is -0.454 e. The molecule has 2 rings (SSSR count). The molecule has 0 aliphatic rings. The van der Waals surface area contributed by atoms with Crippen LogP contribution < -0.4 is 4.74 Å². The number of halogens is 3. The second-order valence-electron chi connectivity index (χ2n) is 3.87. The quantitative estimate of drug-likeness (QED) is 0.693. The molecule has 94 valence electrons. The molecular formula is C14H11Cl2FO. The Bertz CT molecular complexity index is 570.